The lowest BCUT2D eigenvalue weighted by Crippen LogP contribution is -2.44. The number of amides is 4. The van der Waals surface area contributed by atoms with E-state index in [0.29, 0.717) is 24.2 Å². The van der Waals surface area contributed by atoms with Gasteiger partial charge in [-0.15, -0.1) is 0 Å². The molecule has 4 aromatic rings. The highest BCUT2D eigenvalue weighted by Crippen LogP contribution is 2.45. The van der Waals surface area contributed by atoms with E-state index in [9.17, 15) is 14.4 Å². The second kappa shape index (κ2) is 9.17. The summed E-state index contributed by atoms with van der Waals surface area (Å²) in [7, 11) is 0. The van der Waals surface area contributed by atoms with Gasteiger partial charge in [-0.05, 0) is 42.2 Å². The Labute approximate surface area is 221 Å². The molecule has 4 amide bonds. The predicted octanol–water partition coefficient (Wildman–Crippen LogP) is 5.35. The van der Waals surface area contributed by atoms with Crippen molar-refractivity contribution >= 4 is 34.4 Å². The number of para-hydroxylation sites is 2. The molecule has 2 aliphatic heterocycles. The Balaban J connectivity index is 1.47. The van der Waals surface area contributed by atoms with Gasteiger partial charge in [0.1, 0.15) is 12.1 Å². The summed E-state index contributed by atoms with van der Waals surface area (Å²) in [5, 5.41) is 3.98. The van der Waals surface area contributed by atoms with Gasteiger partial charge in [0.25, 0.3) is 11.8 Å². The molecule has 192 valence electrons. The lowest BCUT2D eigenvalue weighted by Gasteiger charge is -2.36. The van der Waals surface area contributed by atoms with E-state index in [-0.39, 0.29) is 17.7 Å². The first-order valence-electron chi connectivity index (χ1n) is 13.0. The molecule has 0 aliphatic carbocycles. The van der Waals surface area contributed by atoms with Gasteiger partial charge in [-0.2, -0.15) is 0 Å². The molecule has 0 bridgehead atoms. The maximum atomic E-state index is 14.2. The third kappa shape index (κ3) is 3.77. The zero-order chi connectivity index (χ0) is 26.6. The number of imide groups is 1. The summed E-state index contributed by atoms with van der Waals surface area (Å²) in [5.41, 5.74) is 5.64. The normalized spacial score (nSPS) is 18.7. The average molecular weight is 507 g/mol. The maximum absolute atomic E-state index is 14.2. The zero-order valence-corrected chi connectivity index (χ0v) is 21.7. The van der Waals surface area contributed by atoms with Gasteiger partial charge in [0, 0.05) is 29.6 Å². The van der Waals surface area contributed by atoms with Crippen molar-refractivity contribution < 1.29 is 14.4 Å². The van der Waals surface area contributed by atoms with Crippen molar-refractivity contribution in [2.24, 2.45) is 5.92 Å². The highest BCUT2D eigenvalue weighted by molar-refractivity contribution is 6.24. The highest BCUT2D eigenvalue weighted by atomic mass is 16.2. The molecule has 6 rings (SSSR count). The average Bonchev–Trinajstić information content (AvgIpc) is 3.41. The van der Waals surface area contributed by atoms with E-state index in [1.807, 2.05) is 63.2 Å². The summed E-state index contributed by atoms with van der Waals surface area (Å²) in [4.78, 5) is 47.7. The minimum Gasteiger partial charge on any atom is -0.356 e. The third-order valence-corrected chi connectivity index (χ3v) is 7.50. The third-order valence-electron chi connectivity index (χ3n) is 7.50. The van der Waals surface area contributed by atoms with Crippen LogP contribution in [0.2, 0.25) is 0 Å². The van der Waals surface area contributed by atoms with Crippen LogP contribution < -0.4 is 10.2 Å². The molecule has 0 radical (unpaired) electrons. The van der Waals surface area contributed by atoms with E-state index in [1.165, 1.54) is 4.90 Å². The highest BCUT2D eigenvalue weighted by Gasteiger charge is 2.53. The zero-order valence-electron chi connectivity index (χ0n) is 21.7. The molecule has 3 heterocycles. The van der Waals surface area contributed by atoms with Crippen LogP contribution in [0.25, 0.3) is 10.9 Å². The number of rotatable bonds is 5. The molecule has 1 fully saturated rings. The smallest absolute Gasteiger partial charge is 0.332 e. The van der Waals surface area contributed by atoms with Crippen molar-refractivity contribution in [3.63, 3.8) is 0 Å². The van der Waals surface area contributed by atoms with Crippen LogP contribution in [-0.4, -0.2) is 40.3 Å². The fourth-order valence-electron chi connectivity index (χ4n) is 5.64. The number of aryl methyl sites for hydroxylation is 1. The Morgan fingerprint density at radius 2 is 1.71 bits per heavy atom. The molecule has 2 atom stereocenters. The first-order chi connectivity index (χ1) is 18.3. The van der Waals surface area contributed by atoms with Gasteiger partial charge in [-0.3, -0.25) is 14.5 Å². The van der Waals surface area contributed by atoms with E-state index < -0.39 is 18.1 Å². The molecular formula is C31H30N4O3. The van der Waals surface area contributed by atoms with Crippen molar-refractivity contribution in [2.75, 3.05) is 11.4 Å². The van der Waals surface area contributed by atoms with E-state index in [1.54, 1.807) is 29.2 Å². The second-order valence-electron chi connectivity index (χ2n) is 10.6. The maximum Gasteiger partial charge on any atom is 0.332 e. The standard InChI is InChI=1S/C31H30N4O3/c1-18(2)17-32-29(36)22-9-5-7-11-25(22)35-30(37)26-16-23-21-8-4-6-10-24(21)33-27(23)28(34(26)31(35)38)20-14-12-19(3)13-15-20/h4-15,18,26,28,33H,16-17H2,1-3H3,(H,32,36)/t26-,28-/m0/s1. The van der Waals surface area contributed by atoms with Crippen LogP contribution in [0.3, 0.4) is 0 Å². The summed E-state index contributed by atoms with van der Waals surface area (Å²) in [6, 6.07) is 21.4. The Morgan fingerprint density at radius 1 is 1.00 bits per heavy atom. The number of H-pyrrole nitrogens is 1. The van der Waals surface area contributed by atoms with E-state index in [0.717, 1.165) is 33.3 Å². The first-order valence-corrected chi connectivity index (χ1v) is 13.0. The minimum absolute atomic E-state index is 0.272. The van der Waals surface area contributed by atoms with Crippen LogP contribution in [0.5, 0.6) is 0 Å². The van der Waals surface area contributed by atoms with Crippen molar-refractivity contribution in [1.29, 1.82) is 0 Å². The number of hydrogen-bond donors (Lipinski definition) is 2. The lowest BCUT2D eigenvalue weighted by molar-refractivity contribution is -0.120. The van der Waals surface area contributed by atoms with Gasteiger partial charge in [0.05, 0.1) is 11.3 Å². The van der Waals surface area contributed by atoms with Crippen LogP contribution >= 0.6 is 0 Å². The van der Waals surface area contributed by atoms with Crippen LogP contribution in [-0.2, 0) is 11.2 Å². The summed E-state index contributed by atoms with van der Waals surface area (Å²) in [5.74, 6) is -0.340. The van der Waals surface area contributed by atoms with Gasteiger partial charge in [0.15, 0.2) is 0 Å². The van der Waals surface area contributed by atoms with Gasteiger partial charge in [0.2, 0.25) is 0 Å². The van der Waals surface area contributed by atoms with Crippen molar-refractivity contribution in [2.45, 2.75) is 39.3 Å². The number of nitrogens with zero attached hydrogens (tertiary/aromatic N) is 2. The minimum atomic E-state index is -0.674. The Bertz CT molecular complexity index is 1570. The van der Waals surface area contributed by atoms with E-state index >= 15 is 0 Å². The SMILES string of the molecule is Cc1ccc([C@H]2c3[nH]c4ccccc4c3C[C@H]3C(=O)N(c4ccccc4C(=O)NCC(C)C)C(=O)N23)cc1. The summed E-state index contributed by atoms with van der Waals surface area (Å²) < 4.78 is 0. The number of carbonyl (C=O) groups is 3. The van der Waals surface area contributed by atoms with Crippen molar-refractivity contribution in [1.82, 2.24) is 15.2 Å². The fraction of sp³-hybridized carbons (Fsp3) is 0.258. The molecule has 1 saturated heterocycles. The van der Waals surface area contributed by atoms with Gasteiger partial charge in [-0.25, -0.2) is 9.69 Å². The molecular weight excluding hydrogens is 476 g/mol. The number of urea groups is 1. The monoisotopic (exact) mass is 506 g/mol. The number of hydrogen-bond acceptors (Lipinski definition) is 3. The van der Waals surface area contributed by atoms with E-state index in [2.05, 4.69) is 16.4 Å². The molecule has 0 saturated carbocycles. The number of benzene rings is 3. The summed E-state index contributed by atoms with van der Waals surface area (Å²) >= 11 is 0. The molecule has 0 unspecified atom stereocenters. The topological polar surface area (TPSA) is 85.5 Å². The van der Waals surface area contributed by atoms with Crippen molar-refractivity contribution in [3.05, 3.63) is 101 Å². The van der Waals surface area contributed by atoms with Gasteiger partial charge >= 0.3 is 6.03 Å². The van der Waals surface area contributed by atoms with Crippen LogP contribution in [0.1, 0.15) is 52.6 Å². The number of aromatic amines is 1. The van der Waals surface area contributed by atoms with Gasteiger partial charge in [-0.1, -0.05) is 74.0 Å². The molecule has 2 aliphatic rings. The van der Waals surface area contributed by atoms with Crippen LogP contribution in [0.15, 0.2) is 72.8 Å². The molecule has 3 aromatic carbocycles. The lowest BCUT2D eigenvalue weighted by atomic mass is 9.88. The quantitative estimate of drug-likeness (QED) is 0.358. The van der Waals surface area contributed by atoms with Gasteiger partial charge < -0.3 is 10.3 Å². The molecule has 0 spiro atoms. The number of anilines is 1. The molecule has 7 nitrogen and oxygen atoms in total. The predicted molar refractivity (Wildman–Crippen MR) is 147 cm³/mol. The fourth-order valence-corrected chi connectivity index (χ4v) is 5.64. The Morgan fingerprint density at radius 3 is 2.47 bits per heavy atom. The molecule has 38 heavy (non-hydrogen) atoms. The van der Waals surface area contributed by atoms with Crippen LogP contribution in [0, 0.1) is 12.8 Å². The molecule has 2 N–H and O–H groups in total. The molecule has 1 aromatic heterocycles. The summed E-state index contributed by atoms with van der Waals surface area (Å²) in [6.45, 7) is 6.55. The number of carbonyl (C=O) groups excluding carboxylic acids is 3. The summed E-state index contributed by atoms with van der Waals surface area (Å²) in [6.07, 6.45) is 0.407. The Hall–Kier alpha value is -4.39. The first kappa shape index (κ1) is 24.0. The van der Waals surface area contributed by atoms with E-state index in [4.69, 9.17) is 0 Å². The number of nitrogens with one attached hydrogen (secondary N) is 2. The second-order valence-corrected chi connectivity index (χ2v) is 10.6. The van der Waals surface area contributed by atoms with Crippen molar-refractivity contribution in [3.8, 4) is 0 Å². The largest absolute Gasteiger partial charge is 0.356 e. The Kier molecular flexibility index (Phi) is 5.79. The van der Waals surface area contributed by atoms with Crippen LogP contribution in [0.4, 0.5) is 10.5 Å². The number of fused-ring (bicyclic) bond motifs is 4. The molecule has 7 heteroatoms. The number of aromatic nitrogens is 1.